The van der Waals surface area contributed by atoms with E-state index in [2.05, 4.69) is 0 Å². The number of hydrogen-bond donors (Lipinski definition) is 1. The van der Waals surface area contributed by atoms with Gasteiger partial charge in [-0.05, 0) is 26.7 Å². The van der Waals surface area contributed by atoms with Crippen LogP contribution in [0.15, 0.2) is 12.2 Å². The molecule has 3 aliphatic rings. The van der Waals surface area contributed by atoms with Gasteiger partial charge in [0.2, 0.25) is 0 Å². The smallest absolute Gasteiger partial charge is 0.316 e. The number of ether oxygens (including phenoxy) is 1. The fourth-order valence-corrected chi connectivity index (χ4v) is 3.55. The highest BCUT2D eigenvalue weighted by molar-refractivity contribution is 5.80. The van der Waals surface area contributed by atoms with Crippen LogP contribution in [0.2, 0.25) is 0 Å². The van der Waals surface area contributed by atoms with Crippen molar-refractivity contribution in [2.45, 2.75) is 52.1 Å². The zero-order valence-electron chi connectivity index (χ0n) is 11.6. The summed E-state index contributed by atoms with van der Waals surface area (Å²) in [5, 5.41) is 10.8. The van der Waals surface area contributed by atoms with Crippen LogP contribution in [-0.4, -0.2) is 23.3 Å². The van der Waals surface area contributed by atoms with Gasteiger partial charge < -0.3 is 9.84 Å². The van der Waals surface area contributed by atoms with Gasteiger partial charge >= 0.3 is 5.97 Å². The van der Waals surface area contributed by atoms with E-state index in [4.69, 9.17) is 4.74 Å². The van der Waals surface area contributed by atoms with Gasteiger partial charge in [-0.2, -0.15) is 0 Å². The Labute approximate surface area is 109 Å². The minimum atomic E-state index is -0.818. The van der Waals surface area contributed by atoms with Gasteiger partial charge in [0, 0.05) is 11.8 Å². The van der Waals surface area contributed by atoms with E-state index in [1.54, 1.807) is 0 Å². The van der Waals surface area contributed by atoms with E-state index in [-0.39, 0.29) is 17.8 Å². The minimum Gasteiger partial charge on any atom is -0.465 e. The topological polar surface area (TPSA) is 46.5 Å². The molecule has 18 heavy (non-hydrogen) atoms. The van der Waals surface area contributed by atoms with E-state index in [0.717, 1.165) is 25.7 Å². The quantitative estimate of drug-likeness (QED) is 0.607. The molecule has 3 unspecified atom stereocenters. The molecule has 3 nitrogen and oxygen atoms in total. The van der Waals surface area contributed by atoms with Gasteiger partial charge in [0.15, 0.2) is 0 Å². The Morgan fingerprint density at radius 2 is 2.22 bits per heavy atom. The predicted molar refractivity (Wildman–Crippen MR) is 70.0 cm³/mol. The van der Waals surface area contributed by atoms with Gasteiger partial charge in [-0.3, -0.25) is 4.79 Å². The lowest BCUT2D eigenvalue weighted by atomic mass is 9.56. The van der Waals surface area contributed by atoms with Crippen LogP contribution in [0.1, 0.15) is 46.5 Å². The molecule has 0 spiro atoms. The van der Waals surface area contributed by atoms with Crippen LogP contribution in [0.5, 0.6) is 0 Å². The van der Waals surface area contributed by atoms with Gasteiger partial charge in [-0.15, -0.1) is 0 Å². The van der Waals surface area contributed by atoms with Gasteiger partial charge in [0.05, 0.1) is 17.6 Å². The first-order valence-corrected chi connectivity index (χ1v) is 7.04. The summed E-state index contributed by atoms with van der Waals surface area (Å²) in [5.74, 6) is -0.107. The lowest BCUT2D eigenvalue weighted by Gasteiger charge is -2.50. The van der Waals surface area contributed by atoms with Crippen LogP contribution in [0, 0.1) is 17.3 Å². The van der Waals surface area contributed by atoms with Gasteiger partial charge in [-0.1, -0.05) is 31.9 Å². The predicted octanol–water partition coefficient (Wildman–Crippen LogP) is 2.68. The van der Waals surface area contributed by atoms with Crippen molar-refractivity contribution in [2.24, 2.45) is 17.3 Å². The first-order chi connectivity index (χ1) is 8.45. The fraction of sp³-hybridized carbons (Fsp3) is 0.800. The first-order valence-electron chi connectivity index (χ1n) is 7.04. The molecule has 0 aromatic heterocycles. The maximum absolute atomic E-state index is 12.4. The third-order valence-electron chi connectivity index (χ3n) is 5.04. The van der Waals surface area contributed by atoms with E-state index < -0.39 is 11.0 Å². The average molecular weight is 252 g/mol. The molecule has 0 aliphatic heterocycles. The van der Waals surface area contributed by atoms with Crippen LogP contribution in [0.4, 0.5) is 0 Å². The molecule has 3 rings (SSSR count). The molecule has 0 heterocycles. The Hall–Kier alpha value is -0.830. The van der Waals surface area contributed by atoms with E-state index in [9.17, 15) is 9.90 Å². The van der Waals surface area contributed by atoms with Crippen molar-refractivity contribution in [1.82, 2.24) is 0 Å². The maximum atomic E-state index is 12.4. The molecule has 1 saturated carbocycles. The summed E-state index contributed by atoms with van der Waals surface area (Å²) < 4.78 is 5.26. The SMILES string of the molecule is CCOC(=O)[C@]12C=CC(CCCC1)C(C)(O)C2C. The minimum absolute atomic E-state index is 0.0978. The third-order valence-corrected chi connectivity index (χ3v) is 5.04. The molecular formula is C15H24O3. The Morgan fingerprint density at radius 3 is 2.89 bits per heavy atom. The second kappa shape index (κ2) is 4.69. The fourth-order valence-electron chi connectivity index (χ4n) is 3.55. The molecule has 0 saturated heterocycles. The molecule has 1 N–H and O–H groups in total. The Morgan fingerprint density at radius 1 is 1.50 bits per heavy atom. The number of carbonyl (C=O) groups is 1. The summed E-state index contributed by atoms with van der Waals surface area (Å²) >= 11 is 0. The molecule has 102 valence electrons. The average Bonchev–Trinajstić information content (AvgIpc) is 2.27. The zero-order valence-corrected chi connectivity index (χ0v) is 11.6. The standard InChI is InChI=1S/C15H24O3/c1-4-18-13(16)15-9-6-5-7-12(8-10-15)14(3,17)11(15)2/h8,10-12,17H,4-7,9H2,1-3H3/t11?,12?,14?,15-/m0/s1. The molecule has 0 aromatic carbocycles. The molecule has 0 aromatic rings. The summed E-state index contributed by atoms with van der Waals surface area (Å²) in [6.07, 6.45) is 7.94. The number of hydrogen-bond acceptors (Lipinski definition) is 3. The molecule has 3 heteroatoms. The van der Waals surface area contributed by atoms with E-state index in [1.165, 1.54) is 0 Å². The highest BCUT2D eigenvalue weighted by Gasteiger charge is 2.55. The monoisotopic (exact) mass is 252 g/mol. The van der Waals surface area contributed by atoms with Crippen LogP contribution in [0.3, 0.4) is 0 Å². The normalized spacial score (nSPS) is 43.3. The number of fused-ring (bicyclic) bond motifs is 4. The summed E-state index contributed by atoms with van der Waals surface area (Å²) in [4.78, 5) is 12.4. The molecule has 2 bridgehead atoms. The lowest BCUT2D eigenvalue weighted by Crippen LogP contribution is -2.55. The summed E-state index contributed by atoms with van der Waals surface area (Å²) in [6, 6.07) is 0. The second-order valence-corrected chi connectivity index (χ2v) is 5.92. The lowest BCUT2D eigenvalue weighted by molar-refractivity contribution is -0.168. The Bertz CT molecular complexity index is 359. The van der Waals surface area contributed by atoms with Crippen LogP contribution < -0.4 is 0 Å². The number of carbonyl (C=O) groups excluding carboxylic acids is 1. The molecule has 4 atom stereocenters. The number of rotatable bonds is 2. The number of esters is 1. The first kappa shape index (κ1) is 13.6. The van der Waals surface area contributed by atoms with Gasteiger partial charge in [-0.25, -0.2) is 0 Å². The summed E-state index contributed by atoms with van der Waals surface area (Å²) in [7, 11) is 0. The maximum Gasteiger partial charge on any atom is 0.316 e. The van der Waals surface area contributed by atoms with Crippen LogP contribution in [0.25, 0.3) is 0 Å². The highest BCUT2D eigenvalue weighted by Crippen LogP contribution is 2.51. The van der Waals surface area contributed by atoms with Crippen molar-refractivity contribution < 1.29 is 14.6 Å². The summed E-state index contributed by atoms with van der Waals surface area (Å²) in [5.41, 5.74) is -1.45. The largest absolute Gasteiger partial charge is 0.465 e. The Balaban J connectivity index is 2.42. The summed E-state index contributed by atoms with van der Waals surface area (Å²) in [6.45, 7) is 6.08. The van der Waals surface area contributed by atoms with Crippen molar-refractivity contribution in [3.63, 3.8) is 0 Å². The molecule has 3 aliphatic carbocycles. The van der Waals surface area contributed by atoms with Crippen LogP contribution in [-0.2, 0) is 9.53 Å². The van der Waals surface area contributed by atoms with Crippen molar-refractivity contribution in [1.29, 1.82) is 0 Å². The molecular weight excluding hydrogens is 228 g/mol. The Kier molecular flexibility index (Phi) is 3.54. The second-order valence-electron chi connectivity index (χ2n) is 5.92. The molecule has 0 radical (unpaired) electrons. The van der Waals surface area contributed by atoms with Crippen molar-refractivity contribution in [3.8, 4) is 0 Å². The van der Waals surface area contributed by atoms with Crippen LogP contribution >= 0.6 is 0 Å². The van der Waals surface area contributed by atoms with Crippen molar-refractivity contribution in [3.05, 3.63) is 12.2 Å². The van der Waals surface area contributed by atoms with E-state index >= 15 is 0 Å². The van der Waals surface area contributed by atoms with Gasteiger partial charge in [0.25, 0.3) is 0 Å². The van der Waals surface area contributed by atoms with E-state index in [1.807, 2.05) is 32.9 Å². The molecule has 1 fully saturated rings. The molecule has 0 amide bonds. The zero-order chi connectivity index (χ0) is 13.4. The van der Waals surface area contributed by atoms with Crippen molar-refractivity contribution in [2.75, 3.05) is 6.61 Å². The number of aliphatic hydroxyl groups is 1. The third kappa shape index (κ3) is 1.89. The van der Waals surface area contributed by atoms with Gasteiger partial charge in [0.1, 0.15) is 0 Å². The highest BCUT2D eigenvalue weighted by atomic mass is 16.5. The van der Waals surface area contributed by atoms with Crippen molar-refractivity contribution >= 4 is 5.97 Å². The van der Waals surface area contributed by atoms with E-state index in [0.29, 0.717) is 6.61 Å².